The number of thioether (sulfide) groups is 1. The van der Waals surface area contributed by atoms with Gasteiger partial charge in [-0.2, -0.15) is 0 Å². The van der Waals surface area contributed by atoms with E-state index in [0.717, 1.165) is 10.5 Å². The smallest absolute Gasteiger partial charge is 0.340 e. The molecule has 138 valence electrons. The summed E-state index contributed by atoms with van der Waals surface area (Å²) in [5.74, 6) is -0.832. The molecule has 3 rings (SSSR count). The second-order valence-electron chi connectivity index (χ2n) is 5.90. The van der Waals surface area contributed by atoms with Crippen molar-refractivity contribution in [2.75, 3.05) is 18.3 Å². The molecule has 1 aliphatic heterocycles. The molecule has 0 aromatic heterocycles. The summed E-state index contributed by atoms with van der Waals surface area (Å²) in [6.07, 6.45) is 3.71. The average Bonchev–Trinajstić information content (AvgIpc) is 2.91. The van der Waals surface area contributed by atoms with E-state index in [-0.39, 0.29) is 11.5 Å². The number of hydrogen-bond donors (Lipinski definition) is 0. The lowest BCUT2D eigenvalue weighted by atomic mass is 10.0. The SMILES string of the molecule is COC(=O)C1=C(C)N(c2cccc(Cl)c2)C(=O)C1=Cc1ccc(SC)cc1. The Kier molecular flexibility index (Phi) is 5.73. The Bertz CT molecular complexity index is 964. The van der Waals surface area contributed by atoms with Gasteiger partial charge in [-0.05, 0) is 55.2 Å². The van der Waals surface area contributed by atoms with Crippen molar-refractivity contribution in [3.8, 4) is 0 Å². The highest BCUT2D eigenvalue weighted by Gasteiger charge is 2.37. The first kappa shape index (κ1) is 19.3. The van der Waals surface area contributed by atoms with Gasteiger partial charge in [0.1, 0.15) is 0 Å². The zero-order chi connectivity index (χ0) is 19.6. The van der Waals surface area contributed by atoms with E-state index >= 15 is 0 Å². The molecular formula is C21H18ClNO3S. The Balaban J connectivity index is 2.10. The zero-order valence-corrected chi connectivity index (χ0v) is 16.7. The number of benzene rings is 2. The van der Waals surface area contributed by atoms with Crippen molar-refractivity contribution in [2.45, 2.75) is 11.8 Å². The summed E-state index contributed by atoms with van der Waals surface area (Å²) >= 11 is 7.71. The standard InChI is InChI=1S/C21H18ClNO3S/c1-13-19(21(25)26-2)18(11-14-7-9-17(27-3)10-8-14)20(24)23(13)16-6-4-5-15(22)12-16/h4-12H,1-3H3. The van der Waals surface area contributed by atoms with Crippen LogP contribution in [-0.2, 0) is 14.3 Å². The van der Waals surface area contributed by atoms with E-state index in [4.69, 9.17) is 16.3 Å². The molecule has 0 spiro atoms. The minimum absolute atomic E-state index is 0.261. The molecule has 0 saturated heterocycles. The number of rotatable bonds is 4. The minimum atomic E-state index is -0.544. The molecule has 0 atom stereocenters. The first-order valence-corrected chi connectivity index (χ1v) is 9.82. The van der Waals surface area contributed by atoms with Gasteiger partial charge in [-0.25, -0.2) is 4.79 Å². The Hall–Kier alpha value is -2.50. The molecule has 1 heterocycles. The fourth-order valence-electron chi connectivity index (χ4n) is 2.97. The number of amides is 1. The van der Waals surface area contributed by atoms with Crippen molar-refractivity contribution >= 4 is 47.0 Å². The van der Waals surface area contributed by atoms with Crippen molar-refractivity contribution < 1.29 is 14.3 Å². The topological polar surface area (TPSA) is 46.6 Å². The first-order valence-electron chi connectivity index (χ1n) is 8.21. The third-order valence-corrected chi connectivity index (χ3v) is 5.26. The van der Waals surface area contributed by atoms with Gasteiger partial charge in [0.2, 0.25) is 0 Å². The second-order valence-corrected chi connectivity index (χ2v) is 7.22. The van der Waals surface area contributed by atoms with Crippen molar-refractivity contribution in [1.29, 1.82) is 0 Å². The van der Waals surface area contributed by atoms with Gasteiger partial charge < -0.3 is 4.74 Å². The monoisotopic (exact) mass is 399 g/mol. The van der Waals surface area contributed by atoms with E-state index in [9.17, 15) is 9.59 Å². The maximum atomic E-state index is 13.1. The van der Waals surface area contributed by atoms with Crippen molar-refractivity contribution in [1.82, 2.24) is 0 Å². The van der Waals surface area contributed by atoms with Crippen molar-refractivity contribution in [3.05, 3.63) is 76.0 Å². The molecule has 0 bridgehead atoms. The highest BCUT2D eigenvalue weighted by molar-refractivity contribution is 7.98. The second kappa shape index (κ2) is 8.03. The molecule has 27 heavy (non-hydrogen) atoms. The van der Waals surface area contributed by atoms with E-state index in [1.54, 1.807) is 49.0 Å². The Morgan fingerprint density at radius 1 is 1.19 bits per heavy atom. The van der Waals surface area contributed by atoms with Crippen LogP contribution in [0.25, 0.3) is 6.08 Å². The summed E-state index contributed by atoms with van der Waals surface area (Å²) in [7, 11) is 1.31. The number of carbonyl (C=O) groups is 2. The van der Waals surface area contributed by atoms with E-state index < -0.39 is 5.97 Å². The van der Waals surface area contributed by atoms with Crippen LogP contribution in [0.1, 0.15) is 12.5 Å². The number of nitrogens with zero attached hydrogens (tertiary/aromatic N) is 1. The molecule has 0 fully saturated rings. The van der Waals surface area contributed by atoms with Gasteiger partial charge in [-0.3, -0.25) is 9.69 Å². The van der Waals surface area contributed by atoms with Gasteiger partial charge in [-0.15, -0.1) is 11.8 Å². The van der Waals surface area contributed by atoms with Gasteiger partial charge in [0.25, 0.3) is 5.91 Å². The van der Waals surface area contributed by atoms with E-state index in [0.29, 0.717) is 22.0 Å². The van der Waals surface area contributed by atoms with Gasteiger partial charge in [0, 0.05) is 15.6 Å². The summed E-state index contributed by atoms with van der Waals surface area (Å²) in [6.45, 7) is 1.72. The van der Waals surface area contributed by atoms with Crippen molar-refractivity contribution in [2.24, 2.45) is 0 Å². The van der Waals surface area contributed by atoms with Crippen LogP contribution in [0.2, 0.25) is 5.02 Å². The van der Waals surface area contributed by atoms with Gasteiger partial charge in [0.05, 0.1) is 23.9 Å². The predicted molar refractivity (Wildman–Crippen MR) is 110 cm³/mol. The number of carbonyl (C=O) groups excluding carboxylic acids is 2. The number of allylic oxidation sites excluding steroid dienone is 1. The number of esters is 1. The Labute approximate surface area is 167 Å². The molecule has 4 nitrogen and oxygen atoms in total. The van der Waals surface area contributed by atoms with Crippen LogP contribution in [0.5, 0.6) is 0 Å². The number of hydrogen-bond acceptors (Lipinski definition) is 4. The molecular weight excluding hydrogens is 382 g/mol. The van der Waals surface area contributed by atoms with Gasteiger partial charge in [0.15, 0.2) is 0 Å². The zero-order valence-electron chi connectivity index (χ0n) is 15.2. The maximum Gasteiger partial charge on any atom is 0.340 e. The lowest BCUT2D eigenvalue weighted by Crippen LogP contribution is -2.24. The summed E-state index contributed by atoms with van der Waals surface area (Å²) in [5, 5.41) is 0.512. The van der Waals surface area contributed by atoms with E-state index in [1.807, 2.05) is 30.5 Å². The maximum absolute atomic E-state index is 13.1. The molecule has 2 aromatic rings. The Morgan fingerprint density at radius 2 is 1.89 bits per heavy atom. The van der Waals surface area contributed by atoms with Crippen LogP contribution < -0.4 is 4.90 Å². The van der Waals surface area contributed by atoms with Crippen LogP contribution in [-0.4, -0.2) is 25.2 Å². The number of methoxy groups -OCH3 is 1. The third-order valence-electron chi connectivity index (χ3n) is 4.28. The highest BCUT2D eigenvalue weighted by Crippen LogP contribution is 2.36. The van der Waals surface area contributed by atoms with Crippen LogP contribution in [0.15, 0.2) is 70.3 Å². The molecule has 1 amide bonds. The molecule has 0 N–H and O–H groups in total. The quantitative estimate of drug-likeness (QED) is 0.415. The molecule has 6 heteroatoms. The first-order chi connectivity index (χ1) is 13.0. The molecule has 2 aromatic carbocycles. The van der Waals surface area contributed by atoms with Crippen LogP contribution in [0, 0.1) is 0 Å². The number of anilines is 1. The largest absolute Gasteiger partial charge is 0.465 e. The third kappa shape index (κ3) is 3.80. The summed E-state index contributed by atoms with van der Waals surface area (Å²) in [6, 6.07) is 14.7. The fraction of sp³-hybridized carbons (Fsp3) is 0.143. The van der Waals surface area contributed by atoms with Crippen LogP contribution in [0.4, 0.5) is 5.69 Å². The average molecular weight is 400 g/mol. The minimum Gasteiger partial charge on any atom is -0.465 e. The number of ether oxygens (including phenoxy) is 1. The molecule has 0 unspecified atom stereocenters. The molecule has 0 radical (unpaired) electrons. The van der Waals surface area contributed by atoms with Crippen LogP contribution in [0.3, 0.4) is 0 Å². The lowest BCUT2D eigenvalue weighted by molar-refractivity contribution is -0.136. The molecule has 0 saturated carbocycles. The Morgan fingerprint density at radius 3 is 2.48 bits per heavy atom. The van der Waals surface area contributed by atoms with E-state index in [1.165, 1.54) is 12.0 Å². The summed E-state index contributed by atoms with van der Waals surface area (Å²) in [5.41, 5.74) is 2.51. The normalized spacial score (nSPS) is 15.6. The highest BCUT2D eigenvalue weighted by atomic mass is 35.5. The van der Waals surface area contributed by atoms with E-state index in [2.05, 4.69) is 0 Å². The van der Waals surface area contributed by atoms with Gasteiger partial charge in [-0.1, -0.05) is 29.8 Å². The predicted octanol–water partition coefficient (Wildman–Crippen LogP) is 4.94. The lowest BCUT2D eigenvalue weighted by Gasteiger charge is -2.18. The summed E-state index contributed by atoms with van der Waals surface area (Å²) < 4.78 is 4.92. The number of halogens is 1. The van der Waals surface area contributed by atoms with Crippen LogP contribution >= 0.6 is 23.4 Å². The molecule has 1 aliphatic rings. The van der Waals surface area contributed by atoms with Crippen molar-refractivity contribution in [3.63, 3.8) is 0 Å². The van der Waals surface area contributed by atoms with Gasteiger partial charge >= 0.3 is 5.97 Å². The summed E-state index contributed by atoms with van der Waals surface area (Å²) in [4.78, 5) is 28.1. The molecule has 0 aliphatic carbocycles. The fourth-order valence-corrected chi connectivity index (χ4v) is 3.57.